The fraction of sp³-hybridized carbons (Fsp3) is 0.542. The number of benzene rings is 1. The molecule has 4 rings (SSSR count). The Balaban J connectivity index is 1.76. The lowest BCUT2D eigenvalue weighted by atomic mass is 9.93. The Kier molecular flexibility index (Phi) is 7.38. The summed E-state index contributed by atoms with van der Waals surface area (Å²) >= 11 is 0. The van der Waals surface area contributed by atoms with Crippen molar-refractivity contribution >= 4 is 16.9 Å². The number of likely N-dealkylation sites (tertiary alicyclic amines) is 1. The predicted molar refractivity (Wildman–Crippen MR) is 127 cm³/mol. The van der Waals surface area contributed by atoms with Crippen molar-refractivity contribution in [2.24, 2.45) is 5.92 Å². The van der Waals surface area contributed by atoms with E-state index in [0.717, 1.165) is 22.0 Å². The minimum absolute atomic E-state index is 0.138. The van der Waals surface area contributed by atoms with E-state index in [2.05, 4.69) is 31.5 Å². The van der Waals surface area contributed by atoms with Gasteiger partial charge in [-0.3, -0.25) is 14.5 Å². The van der Waals surface area contributed by atoms with Gasteiger partial charge in [0.15, 0.2) is 5.82 Å². The number of piperidine rings is 1. The minimum Gasteiger partial charge on any atom is -0.466 e. The predicted octanol–water partition coefficient (Wildman–Crippen LogP) is 2.14. The highest BCUT2D eigenvalue weighted by atomic mass is 16.5. The molecule has 3 aromatic rings. The van der Waals surface area contributed by atoms with Gasteiger partial charge in [0.1, 0.15) is 6.04 Å². The second kappa shape index (κ2) is 10.4. The molecule has 10 nitrogen and oxygen atoms in total. The third kappa shape index (κ3) is 4.74. The van der Waals surface area contributed by atoms with E-state index in [9.17, 15) is 9.59 Å². The largest absolute Gasteiger partial charge is 0.466 e. The molecule has 34 heavy (non-hydrogen) atoms. The number of rotatable bonds is 8. The summed E-state index contributed by atoms with van der Waals surface area (Å²) in [6.45, 7) is 8.37. The molecule has 1 aliphatic heterocycles. The van der Waals surface area contributed by atoms with Gasteiger partial charge >= 0.3 is 5.97 Å². The lowest BCUT2D eigenvalue weighted by molar-refractivity contribution is -0.149. The molecule has 0 radical (unpaired) electrons. The number of nitrogens with zero attached hydrogens (tertiary/aromatic N) is 5. The second-order valence-corrected chi connectivity index (χ2v) is 8.76. The number of methoxy groups -OCH3 is 1. The van der Waals surface area contributed by atoms with Crippen LogP contribution >= 0.6 is 0 Å². The van der Waals surface area contributed by atoms with E-state index in [-0.39, 0.29) is 17.4 Å². The van der Waals surface area contributed by atoms with Gasteiger partial charge in [-0.25, -0.2) is 4.68 Å². The molecule has 1 atom stereocenters. The van der Waals surface area contributed by atoms with Gasteiger partial charge in [0.05, 0.1) is 31.2 Å². The molecule has 1 N–H and O–H groups in total. The van der Waals surface area contributed by atoms with Crippen LogP contribution in [0.4, 0.5) is 0 Å². The topological polar surface area (TPSA) is 115 Å². The number of carbonyl (C=O) groups excluding carboxylic acids is 1. The number of pyridine rings is 1. The Hall–Kier alpha value is -3.11. The number of esters is 1. The van der Waals surface area contributed by atoms with Crippen LogP contribution in [0.2, 0.25) is 0 Å². The van der Waals surface area contributed by atoms with Crippen LogP contribution in [0, 0.1) is 19.8 Å². The monoisotopic (exact) mass is 468 g/mol. The number of aryl methyl sites for hydroxylation is 2. The number of tetrazole rings is 1. The number of nitrogens with one attached hydrogen (secondary N) is 1. The van der Waals surface area contributed by atoms with Crippen LogP contribution in [-0.4, -0.2) is 69.5 Å². The molecule has 0 spiro atoms. The normalized spacial score (nSPS) is 16.1. The molecule has 182 valence electrons. The summed E-state index contributed by atoms with van der Waals surface area (Å²) in [6, 6.07) is 5.58. The number of carbonyl (C=O) groups is 1. The van der Waals surface area contributed by atoms with Crippen LogP contribution in [0.3, 0.4) is 0 Å². The van der Waals surface area contributed by atoms with Crippen LogP contribution in [-0.2, 0) is 20.8 Å². The van der Waals surface area contributed by atoms with Gasteiger partial charge in [-0.05, 0) is 61.2 Å². The molecule has 0 aliphatic carbocycles. The van der Waals surface area contributed by atoms with Gasteiger partial charge in [0.2, 0.25) is 0 Å². The van der Waals surface area contributed by atoms with Gasteiger partial charge in [0.25, 0.3) is 5.56 Å². The van der Waals surface area contributed by atoms with Gasteiger partial charge < -0.3 is 14.5 Å². The van der Waals surface area contributed by atoms with Crippen LogP contribution in [0.25, 0.3) is 10.9 Å². The molecule has 1 fully saturated rings. The number of aromatic amines is 1. The average Bonchev–Trinajstić information content (AvgIpc) is 3.29. The van der Waals surface area contributed by atoms with E-state index in [1.165, 1.54) is 0 Å². The molecule has 1 saturated heterocycles. The van der Waals surface area contributed by atoms with Gasteiger partial charge in [0, 0.05) is 31.1 Å². The standard InChI is InChI=1S/C24H32N6O4/c1-5-34-24(32)17-8-10-29(11-9-17)21(22-26-27-28-30(22)12-13-33-4)19-14-18-15(2)6-7-16(3)20(18)25-23(19)31/h6-7,14,17,21H,5,8-13H2,1-4H3,(H,25,31). The van der Waals surface area contributed by atoms with Crippen molar-refractivity contribution in [2.45, 2.75) is 46.2 Å². The SMILES string of the molecule is CCOC(=O)C1CCN(C(c2cc3c(C)ccc(C)c3[nH]c2=O)c2nnnn2CCOC)CC1. The van der Waals surface area contributed by atoms with Gasteiger partial charge in [-0.15, -0.1) is 5.10 Å². The maximum atomic E-state index is 13.4. The van der Waals surface area contributed by atoms with Crippen molar-refractivity contribution in [1.29, 1.82) is 0 Å². The third-order valence-electron chi connectivity index (χ3n) is 6.59. The first-order valence-corrected chi connectivity index (χ1v) is 11.7. The van der Waals surface area contributed by atoms with E-state index in [1.807, 2.05) is 32.9 Å². The van der Waals surface area contributed by atoms with Crippen molar-refractivity contribution in [2.75, 3.05) is 33.4 Å². The van der Waals surface area contributed by atoms with E-state index >= 15 is 0 Å². The second-order valence-electron chi connectivity index (χ2n) is 8.76. The summed E-state index contributed by atoms with van der Waals surface area (Å²) in [6.07, 6.45) is 1.30. The van der Waals surface area contributed by atoms with Gasteiger partial charge in [-0.1, -0.05) is 12.1 Å². The van der Waals surface area contributed by atoms with Crippen molar-refractivity contribution in [3.63, 3.8) is 0 Å². The highest BCUT2D eigenvalue weighted by Crippen LogP contribution is 2.32. The highest BCUT2D eigenvalue weighted by Gasteiger charge is 2.35. The van der Waals surface area contributed by atoms with Crippen LogP contribution in [0.5, 0.6) is 0 Å². The Labute approximate surface area is 198 Å². The lowest BCUT2D eigenvalue weighted by Gasteiger charge is -2.36. The first-order valence-electron chi connectivity index (χ1n) is 11.7. The molecule has 10 heteroatoms. The summed E-state index contributed by atoms with van der Waals surface area (Å²) in [4.78, 5) is 31.0. The molecule has 3 heterocycles. The molecular weight excluding hydrogens is 436 g/mol. The van der Waals surface area contributed by atoms with Gasteiger partial charge in [-0.2, -0.15) is 0 Å². The smallest absolute Gasteiger partial charge is 0.309 e. The average molecular weight is 469 g/mol. The van der Waals surface area contributed by atoms with Crippen molar-refractivity contribution < 1.29 is 14.3 Å². The van der Waals surface area contributed by atoms with Crippen molar-refractivity contribution in [1.82, 2.24) is 30.1 Å². The molecule has 2 aromatic heterocycles. The molecule has 1 aliphatic rings. The Morgan fingerprint density at radius 2 is 1.97 bits per heavy atom. The third-order valence-corrected chi connectivity index (χ3v) is 6.59. The Morgan fingerprint density at radius 3 is 2.68 bits per heavy atom. The van der Waals surface area contributed by atoms with E-state index in [1.54, 1.807) is 11.8 Å². The number of hydrogen-bond acceptors (Lipinski definition) is 8. The summed E-state index contributed by atoms with van der Waals surface area (Å²) in [5.74, 6) is 0.293. The maximum Gasteiger partial charge on any atom is 0.309 e. The number of fused-ring (bicyclic) bond motifs is 1. The molecule has 0 amide bonds. The number of aromatic nitrogens is 5. The fourth-order valence-corrected chi connectivity index (χ4v) is 4.69. The maximum absolute atomic E-state index is 13.4. The first-order chi connectivity index (χ1) is 16.4. The van der Waals surface area contributed by atoms with Crippen molar-refractivity contribution in [3.05, 3.63) is 51.1 Å². The zero-order chi connectivity index (χ0) is 24.2. The molecular formula is C24H32N6O4. The van der Waals surface area contributed by atoms with Crippen LogP contribution in [0.15, 0.2) is 23.0 Å². The number of ether oxygens (including phenoxy) is 2. The summed E-state index contributed by atoms with van der Waals surface area (Å²) in [5.41, 5.74) is 3.36. The number of H-pyrrole nitrogens is 1. The van der Waals surface area contributed by atoms with E-state index < -0.39 is 6.04 Å². The summed E-state index contributed by atoms with van der Waals surface area (Å²) < 4.78 is 12.1. The van der Waals surface area contributed by atoms with E-state index in [4.69, 9.17) is 9.47 Å². The molecule has 1 unspecified atom stereocenters. The molecule has 0 saturated carbocycles. The first kappa shape index (κ1) is 24.0. The number of hydrogen-bond donors (Lipinski definition) is 1. The Morgan fingerprint density at radius 1 is 1.24 bits per heavy atom. The Bertz CT molecular complexity index is 1210. The molecule has 0 bridgehead atoms. The fourth-order valence-electron chi connectivity index (χ4n) is 4.69. The quantitative estimate of drug-likeness (QED) is 0.500. The van der Waals surface area contributed by atoms with Crippen LogP contribution in [0.1, 0.15) is 48.3 Å². The summed E-state index contributed by atoms with van der Waals surface area (Å²) in [7, 11) is 1.63. The lowest BCUT2D eigenvalue weighted by Crippen LogP contribution is -2.42. The minimum atomic E-state index is -0.455. The summed E-state index contributed by atoms with van der Waals surface area (Å²) in [5, 5.41) is 13.4. The van der Waals surface area contributed by atoms with Crippen LogP contribution < -0.4 is 5.56 Å². The van der Waals surface area contributed by atoms with E-state index in [0.29, 0.717) is 57.1 Å². The molecule has 1 aromatic carbocycles. The zero-order valence-corrected chi connectivity index (χ0v) is 20.2. The highest BCUT2D eigenvalue weighted by molar-refractivity contribution is 5.85. The van der Waals surface area contributed by atoms with Crippen molar-refractivity contribution in [3.8, 4) is 0 Å². The zero-order valence-electron chi connectivity index (χ0n) is 20.2.